The van der Waals surface area contributed by atoms with Gasteiger partial charge >= 0.3 is 0 Å². The third-order valence-electron chi connectivity index (χ3n) is 3.18. The molecule has 21 heavy (non-hydrogen) atoms. The van der Waals surface area contributed by atoms with Gasteiger partial charge in [-0.15, -0.1) is 17.0 Å². The van der Waals surface area contributed by atoms with Gasteiger partial charge in [-0.2, -0.15) is 0 Å². The molecule has 0 unspecified atom stereocenters. The average Bonchev–Trinajstić information content (AvgIpc) is 2.42. The second-order valence-electron chi connectivity index (χ2n) is 4.95. The van der Waals surface area contributed by atoms with Gasteiger partial charge in [-0.05, 0) is 56.9 Å². The van der Waals surface area contributed by atoms with Crippen LogP contribution in [0.1, 0.15) is 23.6 Å². The predicted octanol–water partition coefficient (Wildman–Crippen LogP) is 3.57. The fourth-order valence-corrected chi connectivity index (χ4v) is 2.28. The predicted molar refractivity (Wildman–Crippen MR) is 94.6 cm³/mol. The topological polar surface area (TPSA) is 47.6 Å². The van der Waals surface area contributed by atoms with Crippen molar-refractivity contribution >= 4 is 28.6 Å². The van der Waals surface area contributed by atoms with Crippen molar-refractivity contribution in [3.8, 4) is 0 Å². The molecule has 2 N–H and O–H groups in total. The molecule has 2 rings (SSSR count). The molecule has 2 aromatic rings. The summed E-state index contributed by atoms with van der Waals surface area (Å²) < 4.78 is 0. The zero-order valence-electron chi connectivity index (χ0n) is 12.3. The van der Waals surface area contributed by atoms with E-state index in [2.05, 4.69) is 42.2 Å². The van der Waals surface area contributed by atoms with Gasteiger partial charge in [0.15, 0.2) is 0 Å². The first-order chi connectivity index (χ1) is 9.16. The van der Waals surface area contributed by atoms with E-state index in [1.54, 1.807) is 0 Å². The van der Waals surface area contributed by atoms with E-state index in [0.29, 0.717) is 5.92 Å². The van der Waals surface area contributed by atoms with Crippen LogP contribution in [0.5, 0.6) is 0 Å². The lowest BCUT2D eigenvalue weighted by molar-refractivity contribution is 0.389. The first-order valence-corrected chi connectivity index (χ1v) is 6.86. The highest BCUT2D eigenvalue weighted by atomic mass is 79.9. The van der Waals surface area contributed by atoms with Crippen molar-refractivity contribution in [2.45, 2.75) is 12.3 Å². The molecule has 5 heteroatoms. The Morgan fingerprint density at radius 1 is 1.10 bits per heavy atom. The highest BCUT2D eigenvalue weighted by molar-refractivity contribution is 8.93. The van der Waals surface area contributed by atoms with Gasteiger partial charge in [-0.25, -0.2) is 0 Å². The Bertz CT molecular complexity index is 505. The molecule has 0 bridgehead atoms. The maximum absolute atomic E-state index is 5.97. The molecule has 0 fully saturated rings. The van der Waals surface area contributed by atoms with Crippen LogP contribution in [0.3, 0.4) is 0 Å². The average molecular weight is 374 g/mol. The quantitative estimate of drug-likeness (QED) is 0.804. The number of hydrogen-bond acceptors (Lipinski definition) is 2. The number of rotatable bonds is 5. The summed E-state index contributed by atoms with van der Waals surface area (Å²) in [5.41, 5.74) is 2.39. The van der Waals surface area contributed by atoms with E-state index < -0.39 is 0 Å². The lowest BCUT2D eigenvalue weighted by Gasteiger charge is -2.19. The van der Waals surface area contributed by atoms with Crippen LogP contribution in [0.2, 0.25) is 5.02 Å². The zero-order valence-corrected chi connectivity index (χ0v) is 14.8. The summed E-state index contributed by atoms with van der Waals surface area (Å²) in [4.78, 5) is 6.70. The minimum Gasteiger partial charge on any atom is -0.412 e. The maximum Gasteiger partial charge on any atom is 0.0478 e. The maximum atomic E-state index is 5.97. The standard InChI is InChI=1S/C16H19ClN2.BrH.H2O/c1-19(2)12-10-15(16-5-3-4-11-18-16)13-6-8-14(17)9-7-13;;/h3-9,11,15H,10,12H2,1-2H3;1H;1H2/t15-;;/m0../s1. The van der Waals surface area contributed by atoms with Crippen molar-refractivity contribution in [1.82, 2.24) is 9.88 Å². The molecule has 0 aliphatic heterocycles. The summed E-state index contributed by atoms with van der Waals surface area (Å²) in [5, 5.41) is 0.774. The molecule has 0 radical (unpaired) electrons. The van der Waals surface area contributed by atoms with Gasteiger partial charge in [0.2, 0.25) is 0 Å². The number of halogens is 2. The van der Waals surface area contributed by atoms with Crippen molar-refractivity contribution in [2.24, 2.45) is 0 Å². The van der Waals surface area contributed by atoms with E-state index >= 15 is 0 Å². The van der Waals surface area contributed by atoms with Crippen LogP contribution in [0.25, 0.3) is 0 Å². The summed E-state index contributed by atoms with van der Waals surface area (Å²) in [6, 6.07) is 14.2. The van der Waals surface area contributed by atoms with E-state index in [1.165, 1.54) is 5.56 Å². The van der Waals surface area contributed by atoms with E-state index in [-0.39, 0.29) is 22.5 Å². The number of benzene rings is 1. The number of aromatic nitrogens is 1. The van der Waals surface area contributed by atoms with E-state index in [0.717, 1.165) is 23.7 Å². The van der Waals surface area contributed by atoms with Gasteiger partial charge in [-0.3, -0.25) is 4.98 Å². The molecule has 1 aromatic heterocycles. The summed E-state index contributed by atoms with van der Waals surface area (Å²) in [5.74, 6) is 0.320. The van der Waals surface area contributed by atoms with Crippen molar-refractivity contribution in [3.63, 3.8) is 0 Å². The minimum absolute atomic E-state index is 0. The van der Waals surface area contributed by atoms with Gasteiger partial charge in [-0.1, -0.05) is 29.8 Å². The molecule has 0 amide bonds. The molecule has 0 aliphatic carbocycles. The van der Waals surface area contributed by atoms with E-state index in [4.69, 9.17) is 11.6 Å². The summed E-state index contributed by atoms with van der Waals surface area (Å²) >= 11 is 5.97. The van der Waals surface area contributed by atoms with Gasteiger partial charge in [0.05, 0.1) is 0 Å². The lowest BCUT2D eigenvalue weighted by Crippen LogP contribution is -2.17. The van der Waals surface area contributed by atoms with E-state index in [9.17, 15) is 0 Å². The number of hydrogen-bond donors (Lipinski definition) is 0. The Kier molecular flexibility index (Phi) is 9.46. The molecule has 1 atom stereocenters. The summed E-state index contributed by atoms with van der Waals surface area (Å²) in [7, 11) is 4.19. The largest absolute Gasteiger partial charge is 0.412 e. The smallest absolute Gasteiger partial charge is 0.0478 e. The normalized spacial score (nSPS) is 11.4. The minimum atomic E-state index is 0. The Hall–Kier alpha value is -0.940. The molecule has 1 heterocycles. The first kappa shape index (κ1) is 20.1. The van der Waals surface area contributed by atoms with Gasteiger partial charge in [0.25, 0.3) is 0 Å². The molecule has 3 nitrogen and oxygen atoms in total. The van der Waals surface area contributed by atoms with E-state index in [1.807, 2.05) is 30.5 Å². The fourth-order valence-electron chi connectivity index (χ4n) is 2.15. The highest BCUT2D eigenvalue weighted by Crippen LogP contribution is 2.27. The Morgan fingerprint density at radius 3 is 2.29 bits per heavy atom. The Morgan fingerprint density at radius 2 is 1.76 bits per heavy atom. The highest BCUT2D eigenvalue weighted by Gasteiger charge is 2.15. The van der Waals surface area contributed by atoms with Crippen LogP contribution in [0.15, 0.2) is 48.7 Å². The van der Waals surface area contributed by atoms with Crippen molar-refractivity contribution in [2.75, 3.05) is 20.6 Å². The number of pyridine rings is 1. The Labute approximate surface area is 142 Å². The molecule has 0 spiro atoms. The Balaban J connectivity index is 0.00000200. The summed E-state index contributed by atoms with van der Waals surface area (Å²) in [6.45, 7) is 1.03. The zero-order chi connectivity index (χ0) is 13.7. The monoisotopic (exact) mass is 372 g/mol. The van der Waals surface area contributed by atoms with Crippen molar-refractivity contribution < 1.29 is 5.48 Å². The van der Waals surface area contributed by atoms with Crippen LogP contribution in [-0.4, -0.2) is 36.0 Å². The molecule has 0 aliphatic rings. The number of nitrogens with zero attached hydrogens (tertiary/aromatic N) is 2. The molecular formula is C16H22BrClN2O. The molecular weight excluding hydrogens is 352 g/mol. The lowest BCUT2D eigenvalue weighted by atomic mass is 9.92. The fraction of sp³-hybridized carbons (Fsp3) is 0.312. The van der Waals surface area contributed by atoms with Crippen LogP contribution >= 0.6 is 28.6 Å². The van der Waals surface area contributed by atoms with Crippen LogP contribution in [0.4, 0.5) is 0 Å². The van der Waals surface area contributed by atoms with Gasteiger partial charge in [0, 0.05) is 22.8 Å². The third-order valence-corrected chi connectivity index (χ3v) is 3.43. The molecule has 116 valence electrons. The summed E-state index contributed by atoms with van der Waals surface area (Å²) in [6.07, 6.45) is 2.90. The van der Waals surface area contributed by atoms with Crippen molar-refractivity contribution in [3.05, 3.63) is 64.9 Å². The van der Waals surface area contributed by atoms with Gasteiger partial charge < -0.3 is 10.4 Å². The molecule has 0 saturated carbocycles. The van der Waals surface area contributed by atoms with Gasteiger partial charge in [0.1, 0.15) is 0 Å². The van der Waals surface area contributed by atoms with Crippen LogP contribution in [0, 0.1) is 0 Å². The van der Waals surface area contributed by atoms with Crippen molar-refractivity contribution in [1.29, 1.82) is 0 Å². The van der Waals surface area contributed by atoms with Crippen LogP contribution in [-0.2, 0) is 0 Å². The SMILES string of the molecule is Br.CN(C)CC[C@@H](c1ccc(Cl)cc1)c1ccccn1.O. The second kappa shape index (κ2) is 9.90. The second-order valence-corrected chi connectivity index (χ2v) is 5.39. The molecule has 0 saturated heterocycles. The molecule has 1 aromatic carbocycles. The third kappa shape index (κ3) is 6.14. The first-order valence-electron chi connectivity index (χ1n) is 6.48. The van der Waals surface area contributed by atoms with Crippen LogP contribution < -0.4 is 0 Å².